The molecule has 0 radical (unpaired) electrons. The predicted molar refractivity (Wildman–Crippen MR) is 59.2 cm³/mol. The third kappa shape index (κ3) is 2.37. The van der Waals surface area contributed by atoms with Gasteiger partial charge in [-0.05, 0) is 19.9 Å². The van der Waals surface area contributed by atoms with Crippen LogP contribution in [-0.4, -0.2) is 29.1 Å². The highest BCUT2D eigenvalue weighted by molar-refractivity contribution is 5.94. The van der Waals surface area contributed by atoms with Gasteiger partial charge in [0.05, 0.1) is 11.9 Å². The summed E-state index contributed by atoms with van der Waals surface area (Å²) in [4.78, 5) is 16.9. The minimum atomic E-state index is -1.00. The van der Waals surface area contributed by atoms with Gasteiger partial charge < -0.3 is 15.7 Å². The number of carboxylic acid groups (broad SMARTS) is 1. The molecule has 0 amide bonds. The maximum Gasteiger partial charge on any atom is 0.339 e. The van der Waals surface area contributed by atoms with Gasteiger partial charge in [0.2, 0.25) is 0 Å². The van der Waals surface area contributed by atoms with E-state index in [0.29, 0.717) is 24.6 Å². The Labute approximate surface area is 88.5 Å². The van der Waals surface area contributed by atoms with Crippen molar-refractivity contribution < 1.29 is 9.90 Å². The molecule has 5 nitrogen and oxygen atoms in total. The lowest BCUT2D eigenvalue weighted by Crippen LogP contribution is -2.25. The summed E-state index contributed by atoms with van der Waals surface area (Å²) >= 11 is 0. The average molecular weight is 209 g/mol. The summed E-state index contributed by atoms with van der Waals surface area (Å²) in [5, 5.41) is 9.01. The first-order chi connectivity index (χ1) is 7.10. The van der Waals surface area contributed by atoms with Crippen molar-refractivity contribution in [3.8, 4) is 0 Å². The number of carboxylic acids is 1. The molecule has 5 heteroatoms. The summed E-state index contributed by atoms with van der Waals surface area (Å²) in [6.07, 6.45) is 1.47. The number of hydrogen-bond donors (Lipinski definition) is 2. The molecule has 82 valence electrons. The first kappa shape index (κ1) is 11.3. The molecule has 0 spiro atoms. The minimum absolute atomic E-state index is 0.152. The molecule has 0 aromatic carbocycles. The van der Waals surface area contributed by atoms with Crippen molar-refractivity contribution in [2.24, 2.45) is 0 Å². The number of rotatable bonds is 4. The summed E-state index contributed by atoms with van der Waals surface area (Å²) in [7, 11) is 0. The van der Waals surface area contributed by atoms with Crippen molar-refractivity contribution in [2.75, 3.05) is 23.7 Å². The van der Waals surface area contributed by atoms with E-state index < -0.39 is 5.97 Å². The smallest absolute Gasteiger partial charge is 0.339 e. The molecular formula is C10H15N3O2. The molecule has 0 aliphatic rings. The quantitative estimate of drug-likeness (QED) is 0.779. The van der Waals surface area contributed by atoms with Gasteiger partial charge in [0.15, 0.2) is 0 Å². The first-order valence-corrected chi connectivity index (χ1v) is 4.83. The normalized spacial score (nSPS) is 10.0. The Morgan fingerprint density at radius 3 is 2.60 bits per heavy atom. The summed E-state index contributed by atoms with van der Waals surface area (Å²) in [6.45, 7) is 5.34. The second-order valence-electron chi connectivity index (χ2n) is 3.12. The lowest BCUT2D eigenvalue weighted by Gasteiger charge is -2.21. The molecule has 15 heavy (non-hydrogen) atoms. The number of aromatic carboxylic acids is 1. The Morgan fingerprint density at radius 2 is 2.13 bits per heavy atom. The number of pyridine rings is 1. The lowest BCUT2D eigenvalue weighted by molar-refractivity contribution is 0.0697. The summed E-state index contributed by atoms with van der Waals surface area (Å²) in [6, 6.07) is 1.43. The van der Waals surface area contributed by atoms with Crippen LogP contribution in [0.15, 0.2) is 12.3 Å². The van der Waals surface area contributed by atoms with E-state index in [0.717, 1.165) is 0 Å². The number of nitrogen functional groups attached to an aromatic ring is 1. The number of nitrogens with zero attached hydrogens (tertiary/aromatic N) is 2. The molecule has 1 heterocycles. The molecule has 0 unspecified atom stereocenters. The highest BCUT2D eigenvalue weighted by atomic mass is 16.4. The van der Waals surface area contributed by atoms with Gasteiger partial charge >= 0.3 is 5.97 Å². The maximum atomic E-state index is 11.0. The fourth-order valence-corrected chi connectivity index (χ4v) is 1.41. The van der Waals surface area contributed by atoms with E-state index in [9.17, 15) is 4.79 Å². The van der Waals surface area contributed by atoms with E-state index in [4.69, 9.17) is 10.8 Å². The van der Waals surface area contributed by atoms with Gasteiger partial charge in [-0.15, -0.1) is 0 Å². The summed E-state index contributed by atoms with van der Waals surface area (Å²) in [5.74, 6) is -0.529. The highest BCUT2D eigenvalue weighted by Gasteiger charge is 2.15. The highest BCUT2D eigenvalue weighted by Crippen LogP contribution is 2.19. The van der Waals surface area contributed by atoms with Gasteiger partial charge in [0.1, 0.15) is 11.4 Å². The van der Waals surface area contributed by atoms with Crippen LogP contribution in [0.4, 0.5) is 11.5 Å². The van der Waals surface area contributed by atoms with Crippen molar-refractivity contribution in [1.82, 2.24) is 4.98 Å². The molecule has 0 aliphatic carbocycles. The van der Waals surface area contributed by atoms with Crippen LogP contribution in [0.2, 0.25) is 0 Å². The molecule has 0 atom stereocenters. The van der Waals surface area contributed by atoms with E-state index in [2.05, 4.69) is 4.98 Å². The molecule has 0 aliphatic heterocycles. The first-order valence-electron chi connectivity index (χ1n) is 4.83. The van der Waals surface area contributed by atoms with Crippen molar-refractivity contribution in [3.63, 3.8) is 0 Å². The Balaban J connectivity index is 3.21. The van der Waals surface area contributed by atoms with Crippen LogP contribution in [0.5, 0.6) is 0 Å². The van der Waals surface area contributed by atoms with Crippen molar-refractivity contribution in [3.05, 3.63) is 17.8 Å². The van der Waals surface area contributed by atoms with E-state index in [-0.39, 0.29) is 5.56 Å². The summed E-state index contributed by atoms with van der Waals surface area (Å²) < 4.78 is 0. The third-order valence-electron chi connectivity index (χ3n) is 2.18. The Bertz CT molecular complexity index is 362. The number of anilines is 2. The van der Waals surface area contributed by atoms with Crippen molar-refractivity contribution in [1.29, 1.82) is 0 Å². The number of nitrogens with two attached hydrogens (primary N) is 1. The van der Waals surface area contributed by atoms with Crippen LogP contribution in [0.25, 0.3) is 0 Å². The molecule has 0 bridgehead atoms. The molecule has 0 saturated carbocycles. The Kier molecular flexibility index (Phi) is 3.49. The zero-order chi connectivity index (χ0) is 11.4. The molecule has 3 N–H and O–H groups in total. The van der Waals surface area contributed by atoms with Gasteiger partial charge in [0, 0.05) is 13.1 Å². The average Bonchev–Trinajstić information content (AvgIpc) is 2.21. The van der Waals surface area contributed by atoms with E-state index in [1.165, 1.54) is 12.3 Å². The van der Waals surface area contributed by atoms with Gasteiger partial charge in [-0.25, -0.2) is 9.78 Å². The maximum absolute atomic E-state index is 11.0. The lowest BCUT2D eigenvalue weighted by atomic mass is 10.2. The minimum Gasteiger partial charge on any atom is -0.478 e. The monoisotopic (exact) mass is 209 g/mol. The number of aromatic nitrogens is 1. The predicted octanol–water partition coefficient (Wildman–Crippen LogP) is 1.21. The molecule has 1 rings (SSSR count). The largest absolute Gasteiger partial charge is 0.478 e. The van der Waals surface area contributed by atoms with E-state index in [1.807, 2.05) is 18.7 Å². The van der Waals surface area contributed by atoms with Gasteiger partial charge in [-0.3, -0.25) is 0 Å². The SMILES string of the molecule is CCN(CC)c1ncc(N)cc1C(=O)O. The Hall–Kier alpha value is -1.78. The molecule has 0 fully saturated rings. The second-order valence-corrected chi connectivity index (χ2v) is 3.12. The van der Waals surface area contributed by atoms with Crippen LogP contribution >= 0.6 is 0 Å². The molecular weight excluding hydrogens is 194 g/mol. The zero-order valence-electron chi connectivity index (χ0n) is 8.90. The van der Waals surface area contributed by atoms with Crippen LogP contribution in [-0.2, 0) is 0 Å². The van der Waals surface area contributed by atoms with Crippen LogP contribution in [0.3, 0.4) is 0 Å². The number of hydrogen-bond acceptors (Lipinski definition) is 4. The topological polar surface area (TPSA) is 79.5 Å². The summed E-state index contributed by atoms with van der Waals surface area (Å²) in [5.41, 5.74) is 6.02. The van der Waals surface area contributed by atoms with Crippen LogP contribution < -0.4 is 10.6 Å². The Morgan fingerprint density at radius 1 is 1.53 bits per heavy atom. The fourth-order valence-electron chi connectivity index (χ4n) is 1.41. The third-order valence-corrected chi connectivity index (χ3v) is 2.18. The molecule has 1 aromatic rings. The standard InChI is InChI=1S/C10H15N3O2/c1-3-13(4-2)9-8(10(14)15)5-7(11)6-12-9/h5-6H,3-4,11H2,1-2H3,(H,14,15). The van der Waals surface area contributed by atoms with Crippen LogP contribution in [0, 0.1) is 0 Å². The molecule has 0 saturated heterocycles. The van der Waals surface area contributed by atoms with Crippen molar-refractivity contribution in [2.45, 2.75) is 13.8 Å². The second kappa shape index (κ2) is 4.63. The molecule has 1 aromatic heterocycles. The van der Waals surface area contributed by atoms with Gasteiger partial charge in [-0.1, -0.05) is 0 Å². The van der Waals surface area contributed by atoms with Gasteiger partial charge in [0.25, 0.3) is 0 Å². The van der Waals surface area contributed by atoms with Crippen LogP contribution in [0.1, 0.15) is 24.2 Å². The van der Waals surface area contributed by atoms with Gasteiger partial charge in [-0.2, -0.15) is 0 Å². The van der Waals surface area contributed by atoms with E-state index >= 15 is 0 Å². The van der Waals surface area contributed by atoms with Crippen molar-refractivity contribution >= 4 is 17.5 Å². The fraction of sp³-hybridized carbons (Fsp3) is 0.400. The van der Waals surface area contributed by atoms with E-state index in [1.54, 1.807) is 0 Å². The number of carbonyl (C=O) groups is 1. The zero-order valence-corrected chi connectivity index (χ0v) is 8.90.